The molecule has 2 saturated heterocycles. The quantitative estimate of drug-likeness (QED) is 0.199. The highest BCUT2D eigenvalue weighted by atomic mass is 32.1. The maximum Gasteiger partial charge on any atom is 0.303 e. The zero-order chi connectivity index (χ0) is 29.2. The first-order valence-electron chi connectivity index (χ1n) is 13.9. The fraction of sp³-hybridized carbons (Fsp3) is 0.808. The van der Waals surface area contributed by atoms with Gasteiger partial charge in [0.05, 0.1) is 0 Å². The molecule has 2 heterocycles. The maximum absolute atomic E-state index is 12.1. The van der Waals surface area contributed by atoms with Gasteiger partial charge in [0.2, 0.25) is 0 Å². The van der Waals surface area contributed by atoms with Gasteiger partial charge >= 0.3 is 23.9 Å². The van der Waals surface area contributed by atoms with Crippen LogP contribution in [0.1, 0.15) is 72.6 Å². The molecule has 0 amide bonds. The van der Waals surface area contributed by atoms with Crippen molar-refractivity contribution in [1.29, 1.82) is 0 Å². The van der Waals surface area contributed by atoms with Crippen molar-refractivity contribution in [3.63, 3.8) is 0 Å². The van der Waals surface area contributed by atoms with Crippen LogP contribution in [-0.2, 0) is 42.9 Å². The van der Waals surface area contributed by atoms with Crippen molar-refractivity contribution in [1.82, 2.24) is 21.1 Å². The van der Waals surface area contributed by atoms with Gasteiger partial charge in [-0.25, -0.2) is 5.01 Å². The normalized spacial score (nSPS) is 30.9. The molecule has 2 aliphatic heterocycles. The smallest absolute Gasteiger partial charge is 0.303 e. The molecule has 226 valence electrons. The second-order valence-corrected chi connectivity index (χ2v) is 10.8. The molecule has 3 aliphatic rings. The molecule has 3 fully saturated rings. The number of hydrogen-bond donors (Lipinski definition) is 3. The first-order valence-corrected chi connectivity index (χ1v) is 14.3. The Labute approximate surface area is 240 Å². The maximum atomic E-state index is 12.1. The summed E-state index contributed by atoms with van der Waals surface area (Å²) < 4.78 is 27.6. The van der Waals surface area contributed by atoms with Crippen LogP contribution in [0.5, 0.6) is 0 Å². The summed E-state index contributed by atoms with van der Waals surface area (Å²) in [6, 6.07) is 0.225. The molecule has 7 unspecified atom stereocenters. The third-order valence-corrected chi connectivity index (χ3v) is 7.29. The molecule has 7 atom stereocenters. The molecule has 0 spiro atoms. The molecule has 0 aromatic rings. The number of ether oxygens (including phenoxy) is 5. The van der Waals surface area contributed by atoms with E-state index in [2.05, 4.69) is 21.1 Å². The summed E-state index contributed by atoms with van der Waals surface area (Å²) in [6.07, 6.45) is 1.78. The number of hydrogen-bond acceptors (Lipinski definition) is 12. The molecule has 1 aliphatic carbocycles. The molecule has 3 rings (SSSR count). The van der Waals surface area contributed by atoms with Gasteiger partial charge in [0.25, 0.3) is 0 Å². The standard InChI is InChI=1S/C26H42N4O9S/c1-15(31)35-14-21-22(36-16(2)32)23(37-17(3)33)24(38-18(4)34)25(39-21)28-26(40)27-19-10-6-7-11-20(19)29-30-12-8-5-9-13-30/h19-25,29H,5-14H2,1-4H3,(H2,27,28,40). The number of carbonyl (C=O) groups is 4. The van der Waals surface area contributed by atoms with Gasteiger partial charge in [0.1, 0.15) is 12.7 Å². The monoisotopic (exact) mass is 586 g/mol. The third-order valence-electron chi connectivity index (χ3n) is 7.05. The summed E-state index contributed by atoms with van der Waals surface area (Å²) in [7, 11) is 0. The summed E-state index contributed by atoms with van der Waals surface area (Å²) in [5, 5.41) is 8.95. The van der Waals surface area contributed by atoms with Gasteiger partial charge in [-0.1, -0.05) is 19.3 Å². The van der Waals surface area contributed by atoms with Crippen molar-refractivity contribution in [3.05, 3.63) is 0 Å². The number of piperidine rings is 1. The fourth-order valence-corrected chi connectivity index (χ4v) is 5.67. The number of esters is 4. The third kappa shape index (κ3) is 9.82. The lowest BCUT2D eigenvalue weighted by Crippen LogP contribution is -2.67. The number of nitrogens with one attached hydrogen (secondary N) is 3. The molecule has 1 saturated carbocycles. The number of carbonyl (C=O) groups excluding carboxylic acids is 4. The first-order chi connectivity index (χ1) is 19.0. The Kier molecular flexibility index (Phi) is 12.3. The van der Waals surface area contributed by atoms with Gasteiger partial charge in [-0.3, -0.25) is 24.6 Å². The first kappa shape index (κ1) is 32.0. The van der Waals surface area contributed by atoms with E-state index in [4.69, 9.17) is 35.9 Å². The highest BCUT2D eigenvalue weighted by Crippen LogP contribution is 2.28. The van der Waals surface area contributed by atoms with Crippen molar-refractivity contribution < 1.29 is 42.9 Å². The molecule has 0 aromatic carbocycles. The molecule has 14 heteroatoms. The zero-order valence-electron chi connectivity index (χ0n) is 23.6. The van der Waals surface area contributed by atoms with Crippen molar-refractivity contribution in [2.45, 2.75) is 115 Å². The van der Waals surface area contributed by atoms with Gasteiger partial charge in [-0.05, 0) is 37.9 Å². The van der Waals surface area contributed by atoms with Crippen LogP contribution < -0.4 is 16.1 Å². The van der Waals surface area contributed by atoms with Crippen LogP contribution in [0.4, 0.5) is 0 Å². The van der Waals surface area contributed by atoms with E-state index in [-0.39, 0.29) is 23.8 Å². The Balaban J connectivity index is 1.78. The topological polar surface area (TPSA) is 154 Å². The average molecular weight is 587 g/mol. The summed E-state index contributed by atoms with van der Waals surface area (Å²) in [4.78, 5) is 47.6. The zero-order valence-corrected chi connectivity index (χ0v) is 24.5. The molecule has 0 bridgehead atoms. The van der Waals surface area contributed by atoms with Crippen LogP contribution in [0.15, 0.2) is 0 Å². The van der Waals surface area contributed by atoms with Crippen LogP contribution in [-0.4, -0.2) is 96.4 Å². The predicted octanol–water partition coefficient (Wildman–Crippen LogP) is 0.835. The predicted molar refractivity (Wildman–Crippen MR) is 145 cm³/mol. The second kappa shape index (κ2) is 15.5. The van der Waals surface area contributed by atoms with Gasteiger partial charge in [-0.15, -0.1) is 0 Å². The SMILES string of the molecule is CC(=O)OCC1OC(NC(=S)NC2CCCCC2NN2CCCCC2)C(OC(C)=O)C(OC(C)=O)C1OC(C)=O. The van der Waals surface area contributed by atoms with E-state index in [1.165, 1.54) is 47.0 Å². The number of nitrogens with zero attached hydrogens (tertiary/aromatic N) is 1. The van der Waals surface area contributed by atoms with Crippen LogP contribution in [0.2, 0.25) is 0 Å². The van der Waals surface area contributed by atoms with E-state index in [1.807, 2.05) is 0 Å². The summed E-state index contributed by atoms with van der Waals surface area (Å²) in [6.45, 7) is 6.50. The van der Waals surface area contributed by atoms with Gasteiger partial charge in [0, 0.05) is 52.9 Å². The van der Waals surface area contributed by atoms with Crippen LogP contribution in [0.3, 0.4) is 0 Å². The van der Waals surface area contributed by atoms with Crippen LogP contribution in [0, 0.1) is 0 Å². The van der Waals surface area contributed by atoms with E-state index in [0.29, 0.717) is 0 Å². The Morgan fingerprint density at radius 1 is 0.750 bits per heavy atom. The van der Waals surface area contributed by atoms with E-state index in [0.717, 1.165) is 38.8 Å². The van der Waals surface area contributed by atoms with Gasteiger partial charge < -0.3 is 34.3 Å². The number of rotatable bonds is 9. The van der Waals surface area contributed by atoms with Gasteiger partial charge in [-0.2, -0.15) is 0 Å². The summed E-state index contributed by atoms with van der Waals surface area (Å²) in [5.41, 5.74) is 3.67. The lowest BCUT2D eigenvalue weighted by atomic mass is 9.90. The second-order valence-electron chi connectivity index (χ2n) is 10.4. The molecule has 0 radical (unpaired) electrons. The van der Waals surface area contributed by atoms with E-state index < -0.39 is 54.5 Å². The molecule has 13 nitrogen and oxygen atoms in total. The number of thiocarbonyl (C=S) groups is 1. The van der Waals surface area contributed by atoms with Crippen LogP contribution >= 0.6 is 12.2 Å². The number of hydrazine groups is 1. The Bertz CT molecular complexity index is 917. The van der Waals surface area contributed by atoms with E-state index >= 15 is 0 Å². The molecule has 3 N–H and O–H groups in total. The van der Waals surface area contributed by atoms with Crippen molar-refractivity contribution in [2.24, 2.45) is 0 Å². The van der Waals surface area contributed by atoms with Crippen molar-refractivity contribution in [3.8, 4) is 0 Å². The van der Waals surface area contributed by atoms with Crippen LogP contribution in [0.25, 0.3) is 0 Å². The highest BCUT2D eigenvalue weighted by molar-refractivity contribution is 7.80. The lowest BCUT2D eigenvalue weighted by molar-refractivity contribution is -0.255. The minimum atomic E-state index is -1.26. The highest BCUT2D eigenvalue weighted by Gasteiger charge is 2.52. The van der Waals surface area contributed by atoms with E-state index in [9.17, 15) is 19.2 Å². The van der Waals surface area contributed by atoms with Crippen molar-refractivity contribution in [2.75, 3.05) is 19.7 Å². The minimum Gasteiger partial charge on any atom is -0.463 e. The fourth-order valence-electron chi connectivity index (χ4n) is 5.40. The Hall–Kier alpha value is -2.55. The Morgan fingerprint density at radius 3 is 1.93 bits per heavy atom. The largest absolute Gasteiger partial charge is 0.463 e. The van der Waals surface area contributed by atoms with Crippen molar-refractivity contribution >= 4 is 41.2 Å². The summed E-state index contributed by atoms with van der Waals surface area (Å²) in [5.74, 6) is -2.63. The van der Waals surface area contributed by atoms with Gasteiger partial charge in [0.15, 0.2) is 29.7 Å². The molecule has 40 heavy (non-hydrogen) atoms. The molecule has 0 aromatic heterocycles. The molecular formula is C26H42N4O9S. The summed E-state index contributed by atoms with van der Waals surface area (Å²) >= 11 is 5.65. The molecular weight excluding hydrogens is 544 g/mol. The van der Waals surface area contributed by atoms with E-state index in [1.54, 1.807) is 0 Å². The lowest BCUT2D eigenvalue weighted by Gasteiger charge is -2.45. The minimum absolute atomic E-state index is 0.0429. The average Bonchev–Trinajstić information content (AvgIpc) is 2.87. The Morgan fingerprint density at radius 2 is 1.32 bits per heavy atom.